The first kappa shape index (κ1) is 35.9. The number of hydrogen-bond donors (Lipinski definition) is 4. The number of ether oxygens (including phenoxy) is 2. The number of unbranched alkanes of at least 4 members (excludes halogenated alkanes) is 3. The van der Waals surface area contributed by atoms with Crippen molar-refractivity contribution in [3.63, 3.8) is 0 Å². The second kappa shape index (κ2) is 17.9. The predicted octanol–water partition coefficient (Wildman–Crippen LogP) is 12.9. The van der Waals surface area contributed by atoms with Crippen LogP contribution in [0.2, 0.25) is 0 Å². The molecule has 0 aliphatic carbocycles. The van der Waals surface area contributed by atoms with Gasteiger partial charge in [0.1, 0.15) is 11.5 Å². The van der Waals surface area contributed by atoms with Crippen molar-refractivity contribution in [1.29, 1.82) is 0 Å². The lowest BCUT2D eigenvalue weighted by molar-refractivity contribution is 0.289. The Morgan fingerprint density at radius 3 is 0.942 bits per heavy atom. The van der Waals surface area contributed by atoms with Crippen LogP contribution < -0.4 is 30.7 Å². The monoisotopic (exact) mass is 690 g/mol. The van der Waals surface area contributed by atoms with E-state index in [-0.39, 0.29) is 0 Å². The second-order valence-electron chi connectivity index (χ2n) is 13.5. The highest BCUT2D eigenvalue weighted by atomic mass is 16.5. The van der Waals surface area contributed by atoms with E-state index in [0.29, 0.717) is 13.2 Å². The minimum absolute atomic E-state index is 0.647. The molecule has 52 heavy (non-hydrogen) atoms. The van der Waals surface area contributed by atoms with Gasteiger partial charge < -0.3 is 30.7 Å². The number of hydrogen-bond acceptors (Lipinski definition) is 6. The Labute approximate surface area is 309 Å². The number of rotatable bonds is 17. The van der Waals surface area contributed by atoms with Crippen LogP contribution >= 0.6 is 0 Å². The van der Waals surface area contributed by atoms with E-state index in [4.69, 9.17) is 9.47 Å². The normalized spacial score (nSPS) is 10.8. The fourth-order valence-corrected chi connectivity index (χ4v) is 5.78. The molecule has 0 radical (unpaired) electrons. The number of aryl methyl sites for hydroxylation is 4. The summed E-state index contributed by atoms with van der Waals surface area (Å²) in [5.41, 5.74) is 13.0. The van der Waals surface area contributed by atoms with Crippen LogP contribution in [-0.2, 0) is 0 Å². The molecule has 6 aromatic rings. The van der Waals surface area contributed by atoms with Crippen molar-refractivity contribution in [2.45, 2.75) is 53.4 Å². The van der Waals surface area contributed by atoms with Crippen molar-refractivity contribution in [3.05, 3.63) is 156 Å². The van der Waals surface area contributed by atoms with Crippen LogP contribution in [0.4, 0.5) is 45.5 Å². The summed E-state index contributed by atoms with van der Waals surface area (Å²) in [6, 6.07) is 46.1. The maximum atomic E-state index is 6.33. The summed E-state index contributed by atoms with van der Waals surface area (Å²) in [5.74, 6) is 1.68. The summed E-state index contributed by atoms with van der Waals surface area (Å²) in [5, 5.41) is 14.2. The van der Waals surface area contributed by atoms with E-state index in [0.717, 1.165) is 82.7 Å². The highest BCUT2D eigenvalue weighted by molar-refractivity contribution is 5.75. The topological polar surface area (TPSA) is 66.6 Å². The molecule has 6 heteroatoms. The molecule has 0 saturated heterocycles. The molecule has 4 N–H and O–H groups in total. The predicted molar refractivity (Wildman–Crippen MR) is 220 cm³/mol. The Kier molecular flexibility index (Phi) is 12.3. The van der Waals surface area contributed by atoms with E-state index >= 15 is 0 Å². The van der Waals surface area contributed by atoms with Crippen molar-refractivity contribution in [2.24, 2.45) is 0 Å². The van der Waals surface area contributed by atoms with Gasteiger partial charge in [0.15, 0.2) is 0 Å². The number of nitrogens with one attached hydrogen (secondary N) is 4. The van der Waals surface area contributed by atoms with Gasteiger partial charge in [-0.2, -0.15) is 0 Å². The van der Waals surface area contributed by atoms with Gasteiger partial charge in [-0.3, -0.25) is 0 Å². The quantitative estimate of drug-likeness (QED) is 0.0715. The molecule has 0 unspecified atom stereocenters. The van der Waals surface area contributed by atoms with Crippen molar-refractivity contribution in [2.75, 3.05) is 34.5 Å². The van der Waals surface area contributed by atoms with E-state index < -0.39 is 0 Å². The van der Waals surface area contributed by atoms with E-state index in [9.17, 15) is 0 Å². The molecule has 0 aliphatic heterocycles. The molecule has 6 aromatic carbocycles. The zero-order valence-electron chi connectivity index (χ0n) is 30.8. The maximum Gasteiger partial charge on any atom is 0.142 e. The second-order valence-corrected chi connectivity index (χ2v) is 13.5. The summed E-state index contributed by atoms with van der Waals surface area (Å²) in [4.78, 5) is 0. The molecular formula is C46H50N4O2. The lowest BCUT2D eigenvalue weighted by atomic mass is 10.2. The zero-order valence-corrected chi connectivity index (χ0v) is 30.8. The molecule has 0 aliphatic rings. The molecule has 0 aromatic heterocycles. The minimum atomic E-state index is 0.647. The summed E-state index contributed by atoms with van der Waals surface area (Å²) in [6.07, 6.45) is 4.05. The molecule has 6 nitrogen and oxygen atoms in total. The Morgan fingerprint density at radius 1 is 0.327 bits per heavy atom. The van der Waals surface area contributed by atoms with Crippen molar-refractivity contribution < 1.29 is 9.47 Å². The molecule has 0 spiro atoms. The van der Waals surface area contributed by atoms with Gasteiger partial charge in [0, 0.05) is 34.1 Å². The molecule has 266 valence electrons. The highest BCUT2D eigenvalue weighted by Gasteiger charge is 2.10. The minimum Gasteiger partial charge on any atom is -0.491 e. The fourth-order valence-electron chi connectivity index (χ4n) is 5.78. The van der Waals surface area contributed by atoms with Gasteiger partial charge >= 0.3 is 0 Å². The van der Waals surface area contributed by atoms with Crippen molar-refractivity contribution in [1.82, 2.24) is 0 Å². The lowest BCUT2D eigenvalue weighted by Crippen LogP contribution is -2.03. The standard InChI is InChI=1S/C46H50N4O2/c1-33-9-17-37(18-10-33)47-41-25-27-45(43(31-41)49-39-21-13-35(3)14-22-39)51-29-7-5-6-8-30-52-46-28-26-42(48-38-19-11-34(2)12-20-38)32-44(46)50-40-23-15-36(4)16-24-40/h9-28,31-32,47-50H,5-8,29-30H2,1-4H3. The van der Waals surface area contributed by atoms with Crippen LogP contribution in [0.3, 0.4) is 0 Å². The molecule has 0 atom stereocenters. The van der Waals surface area contributed by atoms with Crippen molar-refractivity contribution in [3.8, 4) is 11.5 Å². The molecular weight excluding hydrogens is 641 g/mol. The van der Waals surface area contributed by atoms with Crippen LogP contribution in [0.25, 0.3) is 0 Å². The molecule has 6 rings (SSSR count). The van der Waals surface area contributed by atoms with Crippen LogP contribution in [0.1, 0.15) is 47.9 Å². The number of anilines is 8. The lowest BCUT2D eigenvalue weighted by Gasteiger charge is -2.17. The van der Waals surface area contributed by atoms with Gasteiger partial charge in [0.2, 0.25) is 0 Å². The first-order valence-electron chi connectivity index (χ1n) is 18.2. The van der Waals surface area contributed by atoms with E-state index in [1.54, 1.807) is 0 Å². The Bertz CT molecular complexity index is 1860. The summed E-state index contributed by atoms with van der Waals surface area (Å²) in [7, 11) is 0. The average molecular weight is 691 g/mol. The highest BCUT2D eigenvalue weighted by Crippen LogP contribution is 2.34. The fraction of sp³-hybridized carbons (Fsp3) is 0.217. The third-order valence-electron chi connectivity index (χ3n) is 8.85. The van der Waals surface area contributed by atoms with Gasteiger partial charge in [-0.05, 0) is 138 Å². The molecule has 0 amide bonds. The first-order valence-corrected chi connectivity index (χ1v) is 18.2. The third kappa shape index (κ3) is 10.8. The average Bonchev–Trinajstić information content (AvgIpc) is 3.15. The Morgan fingerprint density at radius 2 is 0.615 bits per heavy atom. The summed E-state index contributed by atoms with van der Waals surface area (Å²) >= 11 is 0. The SMILES string of the molecule is Cc1ccc(Nc2ccc(OCCCCCCOc3ccc(Nc4ccc(C)cc4)cc3Nc3ccc(C)cc3)c(Nc3ccc(C)cc3)c2)cc1. The van der Waals surface area contributed by atoms with Crippen LogP contribution in [0.15, 0.2) is 133 Å². The zero-order chi connectivity index (χ0) is 36.1. The van der Waals surface area contributed by atoms with Gasteiger partial charge in [-0.25, -0.2) is 0 Å². The smallest absolute Gasteiger partial charge is 0.142 e. The molecule has 0 bridgehead atoms. The summed E-state index contributed by atoms with van der Waals surface area (Å²) in [6.45, 7) is 9.68. The van der Waals surface area contributed by atoms with Crippen LogP contribution in [-0.4, -0.2) is 13.2 Å². The maximum absolute atomic E-state index is 6.33. The molecule has 0 heterocycles. The van der Waals surface area contributed by atoms with Gasteiger partial charge in [-0.1, -0.05) is 70.8 Å². The van der Waals surface area contributed by atoms with E-state index in [1.807, 2.05) is 12.1 Å². The van der Waals surface area contributed by atoms with Gasteiger partial charge in [0.25, 0.3) is 0 Å². The largest absolute Gasteiger partial charge is 0.491 e. The van der Waals surface area contributed by atoms with E-state index in [1.165, 1.54) is 22.3 Å². The third-order valence-corrected chi connectivity index (χ3v) is 8.85. The molecule has 0 fully saturated rings. The van der Waals surface area contributed by atoms with Crippen LogP contribution in [0.5, 0.6) is 11.5 Å². The first-order chi connectivity index (χ1) is 25.4. The van der Waals surface area contributed by atoms with Crippen molar-refractivity contribution >= 4 is 45.5 Å². The number of benzene rings is 6. The Balaban J connectivity index is 1.00. The van der Waals surface area contributed by atoms with Gasteiger partial charge in [0.05, 0.1) is 24.6 Å². The van der Waals surface area contributed by atoms with Crippen LogP contribution in [0, 0.1) is 27.7 Å². The van der Waals surface area contributed by atoms with Gasteiger partial charge in [-0.15, -0.1) is 0 Å². The van der Waals surface area contributed by atoms with E-state index in [2.05, 4.69) is 170 Å². The summed E-state index contributed by atoms with van der Waals surface area (Å²) < 4.78 is 12.7. The Hall–Kier alpha value is -5.88. The molecule has 0 saturated carbocycles.